The third-order valence-corrected chi connectivity index (χ3v) is 4.87. The number of likely N-dealkylation sites (tertiary alicyclic amines) is 1. The maximum atomic E-state index is 12.9. The van der Waals surface area contributed by atoms with Crippen molar-refractivity contribution in [2.24, 2.45) is 13.0 Å². The molecular weight excluding hydrogens is 304 g/mol. The van der Waals surface area contributed by atoms with Gasteiger partial charge >= 0.3 is 0 Å². The largest absolute Gasteiger partial charge is 0.337 e. The van der Waals surface area contributed by atoms with E-state index in [0.29, 0.717) is 28.3 Å². The Balaban J connectivity index is 1.86. The van der Waals surface area contributed by atoms with E-state index in [4.69, 9.17) is 0 Å². The van der Waals surface area contributed by atoms with E-state index in [-0.39, 0.29) is 11.5 Å². The van der Waals surface area contributed by atoms with Crippen LogP contribution in [0.5, 0.6) is 0 Å². The van der Waals surface area contributed by atoms with Gasteiger partial charge in [0.25, 0.3) is 11.5 Å². The number of carbonyl (C=O) groups excluding carboxylic acids is 1. The van der Waals surface area contributed by atoms with Gasteiger partial charge in [-0.2, -0.15) is 0 Å². The lowest BCUT2D eigenvalue weighted by atomic mass is 10.00. The molecule has 124 valence electrons. The Morgan fingerprint density at radius 2 is 2.17 bits per heavy atom. The normalized spacial score (nSPS) is 18.4. The summed E-state index contributed by atoms with van der Waals surface area (Å²) in [5, 5.41) is 0.481. The van der Waals surface area contributed by atoms with Gasteiger partial charge in [0.1, 0.15) is 17.0 Å². The summed E-state index contributed by atoms with van der Waals surface area (Å²) in [6, 6.07) is 7.12. The summed E-state index contributed by atoms with van der Waals surface area (Å²) in [6.45, 7) is 3.72. The van der Waals surface area contributed by atoms with Crippen LogP contribution < -0.4 is 5.56 Å². The molecule has 0 spiro atoms. The first-order valence-corrected chi connectivity index (χ1v) is 8.32. The number of fused-ring (bicyclic) bond motifs is 2. The fourth-order valence-corrected chi connectivity index (χ4v) is 3.56. The van der Waals surface area contributed by atoms with Crippen LogP contribution in [0.1, 0.15) is 30.3 Å². The number of nitrogens with zero attached hydrogens (tertiary/aromatic N) is 4. The highest BCUT2D eigenvalue weighted by Crippen LogP contribution is 2.21. The van der Waals surface area contributed by atoms with Crippen LogP contribution in [0.3, 0.4) is 0 Å². The molecule has 24 heavy (non-hydrogen) atoms. The van der Waals surface area contributed by atoms with E-state index in [1.807, 2.05) is 11.0 Å². The Hall–Kier alpha value is -2.63. The number of carbonyl (C=O) groups is 1. The van der Waals surface area contributed by atoms with E-state index < -0.39 is 0 Å². The molecule has 0 saturated carbocycles. The summed E-state index contributed by atoms with van der Waals surface area (Å²) in [4.78, 5) is 32.0. The summed E-state index contributed by atoms with van der Waals surface area (Å²) >= 11 is 0. The zero-order valence-electron chi connectivity index (χ0n) is 13.9. The third kappa shape index (κ3) is 2.21. The predicted octanol–water partition coefficient (Wildman–Crippen LogP) is 2.06. The van der Waals surface area contributed by atoms with Crippen LogP contribution in [0, 0.1) is 5.92 Å². The Morgan fingerprint density at radius 3 is 2.96 bits per heavy atom. The van der Waals surface area contributed by atoms with E-state index >= 15 is 0 Å². The van der Waals surface area contributed by atoms with E-state index in [2.05, 4.69) is 11.9 Å². The summed E-state index contributed by atoms with van der Waals surface area (Å²) in [5.41, 5.74) is 1.53. The van der Waals surface area contributed by atoms with E-state index in [1.165, 1.54) is 4.40 Å². The predicted molar refractivity (Wildman–Crippen MR) is 92.2 cm³/mol. The zero-order chi connectivity index (χ0) is 16.8. The monoisotopic (exact) mass is 324 g/mol. The Bertz CT molecular complexity index is 1000. The fraction of sp³-hybridized carbons (Fsp3) is 0.389. The Morgan fingerprint density at radius 1 is 1.33 bits per heavy atom. The van der Waals surface area contributed by atoms with Crippen LogP contribution in [0.4, 0.5) is 0 Å². The number of amides is 1. The van der Waals surface area contributed by atoms with Gasteiger partial charge in [-0.25, -0.2) is 4.98 Å². The topological polar surface area (TPSA) is 59.6 Å². The van der Waals surface area contributed by atoms with Crippen molar-refractivity contribution in [3.8, 4) is 0 Å². The molecule has 4 rings (SSSR count). The van der Waals surface area contributed by atoms with E-state index in [1.54, 1.807) is 36.0 Å². The number of rotatable bonds is 1. The number of pyridine rings is 1. The highest BCUT2D eigenvalue weighted by molar-refractivity contribution is 5.98. The Labute approximate surface area is 139 Å². The zero-order valence-corrected chi connectivity index (χ0v) is 13.9. The minimum Gasteiger partial charge on any atom is -0.337 e. The van der Waals surface area contributed by atoms with Gasteiger partial charge in [-0.3, -0.25) is 14.0 Å². The highest BCUT2D eigenvalue weighted by Gasteiger charge is 2.25. The average Bonchev–Trinajstić information content (AvgIpc) is 2.92. The lowest BCUT2D eigenvalue weighted by Crippen LogP contribution is -2.39. The fourth-order valence-electron chi connectivity index (χ4n) is 3.56. The van der Waals surface area contributed by atoms with Gasteiger partial charge in [-0.15, -0.1) is 0 Å². The molecule has 0 aliphatic carbocycles. The van der Waals surface area contributed by atoms with Crippen molar-refractivity contribution in [1.82, 2.24) is 18.9 Å². The summed E-state index contributed by atoms with van der Waals surface area (Å²) in [6.07, 6.45) is 3.89. The maximum absolute atomic E-state index is 12.9. The lowest BCUT2D eigenvalue weighted by Gasteiger charge is -2.30. The first-order chi connectivity index (χ1) is 11.6. The van der Waals surface area contributed by atoms with Crippen molar-refractivity contribution in [3.05, 3.63) is 46.5 Å². The Kier molecular flexibility index (Phi) is 3.40. The summed E-state index contributed by atoms with van der Waals surface area (Å²) in [5.74, 6) is 0.499. The average molecular weight is 324 g/mol. The first-order valence-electron chi connectivity index (χ1n) is 8.32. The quantitative estimate of drug-likeness (QED) is 0.688. The van der Waals surface area contributed by atoms with Crippen LogP contribution in [0.15, 0.2) is 35.3 Å². The van der Waals surface area contributed by atoms with Gasteiger partial charge in [-0.05, 0) is 37.0 Å². The number of hydrogen-bond acceptors (Lipinski definition) is 3. The van der Waals surface area contributed by atoms with E-state index in [9.17, 15) is 9.59 Å². The van der Waals surface area contributed by atoms with Crippen molar-refractivity contribution in [2.75, 3.05) is 13.1 Å². The molecular formula is C18H20N4O2. The number of aromatic nitrogens is 3. The maximum Gasteiger partial charge on any atom is 0.270 e. The SMILES string of the molecule is CC1CCCN(C(=O)c2cc3c(=O)n4ccccc4nc3n2C)C1. The molecule has 3 aromatic rings. The molecule has 0 bridgehead atoms. The number of hydrogen-bond donors (Lipinski definition) is 0. The number of aryl methyl sites for hydroxylation is 1. The van der Waals surface area contributed by atoms with Gasteiger partial charge in [0.15, 0.2) is 0 Å². The first kappa shape index (κ1) is 14.9. The molecule has 0 radical (unpaired) electrons. The van der Waals surface area contributed by atoms with Crippen LogP contribution in [0.25, 0.3) is 16.7 Å². The van der Waals surface area contributed by atoms with Gasteiger partial charge in [0, 0.05) is 26.3 Å². The van der Waals surface area contributed by atoms with Crippen LogP contribution in [-0.4, -0.2) is 37.8 Å². The molecule has 1 saturated heterocycles. The standard InChI is InChI=1S/C18H20N4O2/c1-12-6-5-8-21(11-12)18(24)14-10-13-16(20(14)2)19-15-7-3-4-9-22(15)17(13)23/h3-4,7,9-10,12H,5-6,8,11H2,1-2H3. The second-order valence-corrected chi connectivity index (χ2v) is 6.67. The molecule has 3 aromatic heterocycles. The molecule has 1 aliphatic heterocycles. The molecule has 6 nitrogen and oxygen atoms in total. The molecule has 1 atom stereocenters. The van der Waals surface area contributed by atoms with Crippen molar-refractivity contribution < 1.29 is 4.79 Å². The minimum atomic E-state index is -0.141. The second kappa shape index (κ2) is 5.47. The summed E-state index contributed by atoms with van der Waals surface area (Å²) in [7, 11) is 1.80. The van der Waals surface area contributed by atoms with E-state index in [0.717, 1.165) is 25.9 Å². The molecule has 1 aliphatic rings. The minimum absolute atomic E-state index is 0.0180. The molecule has 4 heterocycles. The third-order valence-electron chi connectivity index (χ3n) is 4.87. The van der Waals surface area contributed by atoms with Crippen molar-refractivity contribution in [2.45, 2.75) is 19.8 Å². The molecule has 6 heteroatoms. The summed E-state index contributed by atoms with van der Waals surface area (Å²) < 4.78 is 3.25. The van der Waals surface area contributed by atoms with Gasteiger partial charge < -0.3 is 9.47 Å². The van der Waals surface area contributed by atoms with Crippen LogP contribution in [-0.2, 0) is 7.05 Å². The van der Waals surface area contributed by atoms with Crippen LogP contribution >= 0.6 is 0 Å². The van der Waals surface area contributed by atoms with Gasteiger partial charge in [-0.1, -0.05) is 13.0 Å². The van der Waals surface area contributed by atoms with Crippen molar-refractivity contribution >= 4 is 22.6 Å². The lowest BCUT2D eigenvalue weighted by molar-refractivity contribution is 0.0674. The smallest absolute Gasteiger partial charge is 0.270 e. The van der Waals surface area contributed by atoms with Gasteiger partial charge in [0.2, 0.25) is 0 Å². The molecule has 0 N–H and O–H groups in total. The molecule has 1 fully saturated rings. The van der Waals surface area contributed by atoms with Crippen molar-refractivity contribution in [1.29, 1.82) is 0 Å². The number of piperidine rings is 1. The molecule has 0 aromatic carbocycles. The van der Waals surface area contributed by atoms with Gasteiger partial charge in [0.05, 0.1) is 5.39 Å². The second-order valence-electron chi connectivity index (χ2n) is 6.67. The van der Waals surface area contributed by atoms with Crippen LogP contribution in [0.2, 0.25) is 0 Å². The molecule has 1 amide bonds. The highest BCUT2D eigenvalue weighted by atomic mass is 16.2. The molecule has 1 unspecified atom stereocenters. The van der Waals surface area contributed by atoms with Crippen molar-refractivity contribution in [3.63, 3.8) is 0 Å².